The second-order valence-corrected chi connectivity index (χ2v) is 9.67. The van der Waals surface area contributed by atoms with Gasteiger partial charge in [0.05, 0.1) is 10.8 Å². The molecule has 0 saturated carbocycles. The fourth-order valence-corrected chi connectivity index (χ4v) is 4.01. The predicted octanol–water partition coefficient (Wildman–Crippen LogP) is 3.69. The average Bonchev–Trinajstić information content (AvgIpc) is 3.29. The molecule has 32 heavy (non-hydrogen) atoms. The van der Waals surface area contributed by atoms with Crippen molar-refractivity contribution in [1.29, 1.82) is 0 Å². The third-order valence-electron chi connectivity index (χ3n) is 3.45. The summed E-state index contributed by atoms with van der Waals surface area (Å²) in [6, 6.07) is 3.93. The van der Waals surface area contributed by atoms with Gasteiger partial charge >= 0.3 is 49.4 Å². The van der Waals surface area contributed by atoms with Crippen molar-refractivity contribution in [3.05, 3.63) is 40.9 Å². The Morgan fingerprint density at radius 1 is 1.22 bits per heavy atom. The van der Waals surface area contributed by atoms with E-state index in [1.165, 1.54) is 12.1 Å². The van der Waals surface area contributed by atoms with Crippen LogP contribution in [0.2, 0.25) is 13.6 Å². The topological polar surface area (TPSA) is 128 Å². The van der Waals surface area contributed by atoms with Gasteiger partial charge in [0.1, 0.15) is 13.0 Å². The van der Waals surface area contributed by atoms with Crippen molar-refractivity contribution in [2.45, 2.75) is 13.6 Å². The molecule has 2 N–H and O–H groups in total. The van der Waals surface area contributed by atoms with Gasteiger partial charge in [0.15, 0.2) is 5.65 Å². The van der Waals surface area contributed by atoms with Gasteiger partial charge in [-0.2, -0.15) is 10.2 Å². The molecule has 0 aliphatic heterocycles. The van der Waals surface area contributed by atoms with Crippen LogP contribution in [0.5, 0.6) is 0 Å². The van der Waals surface area contributed by atoms with E-state index in [0.717, 1.165) is 32.8 Å². The van der Waals surface area contributed by atoms with Crippen LogP contribution in [-0.4, -0.2) is 63.1 Å². The average molecular weight is 788 g/mol. The molecule has 0 unspecified atom stereocenters. The Bertz CT molecular complexity index is 1180. The molecule has 17 heteroatoms. The summed E-state index contributed by atoms with van der Waals surface area (Å²) in [6.45, 7) is 3.31. The maximum absolute atomic E-state index is 9.46. The van der Waals surface area contributed by atoms with Gasteiger partial charge in [-0.25, -0.2) is 9.97 Å². The van der Waals surface area contributed by atoms with E-state index in [1.807, 2.05) is 12.1 Å². The van der Waals surface area contributed by atoms with Gasteiger partial charge in [-0.05, 0) is 96.0 Å². The normalized spacial score (nSPS) is 10.1. The molecule has 4 heterocycles. The first-order chi connectivity index (χ1) is 15.3. The predicted molar refractivity (Wildman–Crippen MR) is 147 cm³/mol. The molecule has 0 spiro atoms. The number of hydrogen-bond acceptors (Lipinski definition) is 8. The summed E-state index contributed by atoms with van der Waals surface area (Å²) in [5.74, 6) is 0. The summed E-state index contributed by atoms with van der Waals surface area (Å²) in [7, 11) is 1.31. The van der Waals surface area contributed by atoms with Gasteiger partial charge in [0.2, 0.25) is 0 Å². The summed E-state index contributed by atoms with van der Waals surface area (Å²) in [5.41, 5.74) is 1.46. The number of aromatic amines is 1. The number of nitrogens with one attached hydrogen (secondary N) is 1. The van der Waals surface area contributed by atoms with Crippen LogP contribution >= 0.6 is 77.0 Å². The van der Waals surface area contributed by atoms with Gasteiger partial charge in [-0.3, -0.25) is 9.69 Å². The zero-order valence-electron chi connectivity index (χ0n) is 16.7. The van der Waals surface area contributed by atoms with Gasteiger partial charge in [0.25, 0.3) is 0 Å². The summed E-state index contributed by atoms with van der Waals surface area (Å²) in [5, 5.41) is 22.5. The van der Waals surface area contributed by atoms with Crippen molar-refractivity contribution in [2.75, 3.05) is 6.51 Å². The molecular weight excluding hydrogens is 774 g/mol. The van der Waals surface area contributed by atoms with Crippen molar-refractivity contribution in [1.82, 2.24) is 29.9 Å². The molecule has 4 aromatic rings. The molecule has 0 aliphatic rings. The molecule has 1 radical (unpaired) electrons. The SMILES string of the molecule is Brc1cnc2n[nH]c(I)c2c1.CB(O)n1nc(I)c2cc(Br)cnc21.C[B]OOCB=O. The number of nitrogens with zero attached hydrogens (tertiary/aromatic N) is 5. The fourth-order valence-electron chi connectivity index (χ4n) is 2.20. The second kappa shape index (κ2) is 14.1. The first-order valence-electron chi connectivity index (χ1n) is 8.80. The second-order valence-electron chi connectivity index (χ2n) is 5.74. The first-order valence-corrected chi connectivity index (χ1v) is 12.5. The van der Waals surface area contributed by atoms with Crippen molar-refractivity contribution in [3.8, 4) is 0 Å². The minimum absolute atomic E-state index is 0.00958. The molecule has 4 aromatic heterocycles. The van der Waals surface area contributed by atoms with Crippen LogP contribution in [0.25, 0.3) is 22.1 Å². The molecule has 0 fully saturated rings. The molecule has 0 aliphatic carbocycles. The molecule has 0 bridgehead atoms. The van der Waals surface area contributed by atoms with Crippen LogP contribution in [0, 0.1) is 7.40 Å². The molecule has 165 valence electrons. The van der Waals surface area contributed by atoms with Crippen molar-refractivity contribution < 1.29 is 19.4 Å². The maximum atomic E-state index is 9.46. The molecule has 0 aromatic carbocycles. The monoisotopic (exact) mass is 787 g/mol. The zero-order valence-corrected chi connectivity index (χ0v) is 24.2. The quantitative estimate of drug-likeness (QED) is 0.103. The fraction of sp³-hybridized carbons (Fsp3) is 0.200. The van der Waals surface area contributed by atoms with Crippen LogP contribution in [0.3, 0.4) is 0 Å². The number of pyridine rings is 2. The first kappa shape index (κ1) is 27.8. The molecule has 0 atom stereocenters. The molecule has 0 saturated heterocycles. The van der Waals surface area contributed by atoms with Crippen LogP contribution in [-0.2, 0) is 14.4 Å². The Kier molecular flexibility index (Phi) is 12.2. The summed E-state index contributed by atoms with van der Waals surface area (Å²) >= 11 is 11.0. The van der Waals surface area contributed by atoms with E-state index in [0.29, 0.717) is 12.8 Å². The number of fused-ring (bicyclic) bond motifs is 2. The number of rotatable bonds is 5. The van der Waals surface area contributed by atoms with E-state index in [2.05, 4.69) is 112 Å². The van der Waals surface area contributed by atoms with Crippen LogP contribution < -0.4 is 0 Å². The van der Waals surface area contributed by atoms with Gasteiger partial charge in [-0.15, -0.1) is 0 Å². The third kappa shape index (κ3) is 8.09. The molecule has 10 nitrogen and oxygen atoms in total. The summed E-state index contributed by atoms with van der Waals surface area (Å²) in [4.78, 5) is 16.7. The summed E-state index contributed by atoms with van der Waals surface area (Å²) in [6.07, 6.45) is 3.43. The molecule has 0 amide bonds. The minimum atomic E-state index is -0.658. The van der Waals surface area contributed by atoms with Crippen molar-refractivity contribution in [3.63, 3.8) is 0 Å². The van der Waals surface area contributed by atoms with E-state index in [9.17, 15) is 9.73 Å². The van der Waals surface area contributed by atoms with E-state index in [1.54, 1.807) is 26.0 Å². The van der Waals surface area contributed by atoms with Gasteiger partial charge in [0, 0.05) is 21.3 Å². The number of hydrogen-bond donors (Lipinski definition) is 2. The Balaban J connectivity index is 0.000000181. The number of halogens is 4. The third-order valence-corrected chi connectivity index (χ3v) is 5.94. The van der Waals surface area contributed by atoms with Crippen LogP contribution in [0.1, 0.15) is 0 Å². The Morgan fingerprint density at radius 3 is 2.50 bits per heavy atom. The van der Waals surface area contributed by atoms with Gasteiger partial charge in [-0.1, -0.05) is 0 Å². The van der Waals surface area contributed by atoms with Gasteiger partial charge < -0.3 is 5.02 Å². The number of H-pyrrole nitrogens is 1. The van der Waals surface area contributed by atoms with Crippen molar-refractivity contribution >= 4 is 121 Å². The van der Waals surface area contributed by atoms with E-state index < -0.39 is 7.05 Å². The molecular formula is C15H14B3Br2I2N6O4. The van der Waals surface area contributed by atoms with E-state index in [-0.39, 0.29) is 6.51 Å². The van der Waals surface area contributed by atoms with Crippen molar-refractivity contribution in [2.24, 2.45) is 0 Å². The van der Waals surface area contributed by atoms with Crippen LogP contribution in [0.4, 0.5) is 0 Å². The summed E-state index contributed by atoms with van der Waals surface area (Å²) < 4.78 is 14.7. The van der Waals surface area contributed by atoms with E-state index in [4.69, 9.17) is 0 Å². The Morgan fingerprint density at radius 2 is 1.88 bits per heavy atom. The van der Waals surface area contributed by atoms with Crippen LogP contribution in [0.15, 0.2) is 33.5 Å². The standard InChI is InChI=1S/C7H6BBrIN3O.C6H3BrIN3.C2H5B2O3/c1-8(14)13-7-5(6(10)12-13)2-4(9)3-11-7;7-3-1-4-5(8)10-11-6(4)9-2-3;1-3-7-6-2-4-5/h2-3,14H,1H3;1-2H,(H,9,10,11);2H2,1H3. The number of aromatic nitrogens is 6. The Labute approximate surface area is 229 Å². The van der Waals surface area contributed by atoms with E-state index >= 15 is 0 Å². The Hall–Kier alpha value is -0.465. The zero-order chi connectivity index (χ0) is 23.7. The molecule has 4 rings (SSSR count).